The number of carbonyl (C=O) groups excluding carboxylic acids is 1. The van der Waals surface area contributed by atoms with Crippen LogP contribution in [0.25, 0.3) is 28.0 Å². The molecule has 206 valence electrons. The minimum absolute atomic E-state index is 0.0739. The zero-order chi connectivity index (χ0) is 27.7. The number of aromatic nitrogens is 7. The van der Waals surface area contributed by atoms with Crippen LogP contribution in [0.3, 0.4) is 0 Å². The summed E-state index contributed by atoms with van der Waals surface area (Å²) in [6, 6.07) is 14.6. The summed E-state index contributed by atoms with van der Waals surface area (Å²) in [4.78, 5) is 29.7. The van der Waals surface area contributed by atoms with Gasteiger partial charge in [0.15, 0.2) is 5.65 Å². The smallest absolute Gasteiger partial charge is 0.294 e. The van der Waals surface area contributed by atoms with Crippen LogP contribution < -0.4 is 5.73 Å². The molecule has 1 amide bonds. The van der Waals surface area contributed by atoms with Gasteiger partial charge in [-0.2, -0.15) is 9.61 Å². The first-order valence-electron chi connectivity index (χ1n) is 14.5. The largest absolute Gasteiger partial charge is 0.383 e. The number of carbonyl (C=O) groups is 1. The van der Waals surface area contributed by atoms with Crippen LogP contribution in [0.5, 0.6) is 0 Å². The highest BCUT2D eigenvalue weighted by Gasteiger charge is 2.46. The summed E-state index contributed by atoms with van der Waals surface area (Å²) in [5.74, 6) is 2.18. The number of amides is 1. The lowest BCUT2D eigenvalue weighted by Gasteiger charge is -2.38. The van der Waals surface area contributed by atoms with E-state index in [-0.39, 0.29) is 29.7 Å². The fraction of sp³-hybridized carbons (Fsp3) is 0.355. The molecular formula is C31H31N9O. The van der Waals surface area contributed by atoms with Gasteiger partial charge in [-0.3, -0.25) is 14.9 Å². The maximum atomic E-state index is 13.3. The molecule has 4 aromatic heterocycles. The van der Waals surface area contributed by atoms with Crippen molar-refractivity contribution in [1.82, 2.24) is 39.7 Å². The van der Waals surface area contributed by atoms with Crippen molar-refractivity contribution in [3.63, 3.8) is 0 Å². The van der Waals surface area contributed by atoms with Gasteiger partial charge in [-0.25, -0.2) is 9.97 Å². The summed E-state index contributed by atoms with van der Waals surface area (Å²) in [6.07, 6.45) is 9.70. The number of nitrogens with one attached hydrogen (secondary N) is 1. The predicted octanol–water partition coefficient (Wildman–Crippen LogP) is 4.90. The molecule has 8 rings (SSSR count). The number of nitrogens with two attached hydrogens (primary N) is 1. The second kappa shape index (κ2) is 9.22. The van der Waals surface area contributed by atoms with Gasteiger partial charge in [0.2, 0.25) is 5.82 Å². The fourth-order valence-corrected chi connectivity index (χ4v) is 6.97. The van der Waals surface area contributed by atoms with Gasteiger partial charge < -0.3 is 10.6 Å². The van der Waals surface area contributed by atoms with E-state index in [9.17, 15) is 4.79 Å². The number of H-pyrrole nitrogens is 1. The highest BCUT2D eigenvalue weighted by molar-refractivity contribution is 5.91. The minimum Gasteiger partial charge on any atom is -0.383 e. The van der Waals surface area contributed by atoms with Crippen molar-refractivity contribution in [3.8, 4) is 22.4 Å². The third-order valence-corrected chi connectivity index (χ3v) is 9.02. The summed E-state index contributed by atoms with van der Waals surface area (Å²) in [6.45, 7) is 1.81. The number of aromatic amines is 1. The van der Waals surface area contributed by atoms with Crippen LogP contribution in [0.4, 0.5) is 5.82 Å². The van der Waals surface area contributed by atoms with E-state index in [2.05, 4.69) is 38.5 Å². The Morgan fingerprint density at radius 1 is 0.927 bits per heavy atom. The van der Waals surface area contributed by atoms with Crippen molar-refractivity contribution in [3.05, 3.63) is 77.8 Å². The van der Waals surface area contributed by atoms with Gasteiger partial charge in [0.1, 0.15) is 11.6 Å². The lowest BCUT2D eigenvalue weighted by molar-refractivity contribution is 0.0557. The van der Waals surface area contributed by atoms with E-state index in [1.807, 2.05) is 48.5 Å². The third-order valence-electron chi connectivity index (χ3n) is 9.02. The number of pyridine rings is 1. The second-order valence-corrected chi connectivity index (χ2v) is 11.7. The van der Waals surface area contributed by atoms with Gasteiger partial charge in [-0.05, 0) is 57.4 Å². The zero-order valence-corrected chi connectivity index (χ0v) is 22.9. The average Bonchev–Trinajstić information content (AvgIpc) is 3.49. The van der Waals surface area contributed by atoms with Crippen LogP contribution in [-0.2, 0) is 0 Å². The predicted molar refractivity (Wildman–Crippen MR) is 154 cm³/mol. The molecule has 2 unspecified atom stereocenters. The van der Waals surface area contributed by atoms with Gasteiger partial charge in [-0.15, -0.1) is 5.10 Å². The molecule has 0 radical (unpaired) electrons. The Bertz CT molecular complexity index is 1760. The molecule has 2 atom stereocenters. The van der Waals surface area contributed by atoms with Crippen molar-refractivity contribution in [2.24, 2.45) is 0 Å². The van der Waals surface area contributed by atoms with Crippen LogP contribution in [0.15, 0.2) is 54.9 Å². The molecule has 1 saturated carbocycles. The number of rotatable bonds is 5. The molecule has 10 nitrogen and oxygen atoms in total. The van der Waals surface area contributed by atoms with E-state index in [4.69, 9.17) is 15.7 Å². The summed E-state index contributed by atoms with van der Waals surface area (Å²) in [7, 11) is 0. The molecular weight excluding hydrogens is 514 g/mol. The van der Waals surface area contributed by atoms with Gasteiger partial charge in [0.05, 0.1) is 17.6 Å². The lowest BCUT2D eigenvalue weighted by atomic mass is 9.85. The molecule has 2 aliphatic heterocycles. The van der Waals surface area contributed by atoms with Crippen LogP contribution in [0.1, 0.15) is 78.1 Å². The van der Waals surface area contributed by atoms with E-state index in [1.165, 1.54) is 0 Å². The highest BCUT2D eigenvalue weighted by atomic mass is 16.2. The lowest BCUT2D eigenvalue weighted by Crippen LogP contribution is -2.46. The van der Waals surface area contributed by atoms with Gasteiger partial charge in [0, 0.05) is 46.5 Å². The van der Waals surface area contributed by atoms with Gasteiger partial charge in [0.25, 0.3) is 5.91 Å². The Morgan fingerprint density at radius 3 is 2.37 bits per heavy atom. The molecule has 6 heterocycles. The molecule has 5 aromatic rings. The molecule has 3 fully saturated rings. The number of fused-ring (bicyclic) bond motifs is 3. The van der Waals surface area contributed by atoms with E-state index in [0.717, 1.165) is 77.8 Å². The molecule has 41 heavy (non-hydrogen) atoms. The molecule has 1 aromatic carbocycles. The first-order chi connectivity index (χ1) is 20.0. The molecule has 2 bridgehead atoms. The monoisotopic (exact) mass is 545 g/mol. The normalized spacial score (nSPS) is 22.0. The average molecular weight is 546 g/mol. The van der Waals surface area contributed by atoms with Crippen molar-refractivity contribution in [2.45, 2.75) is 69.4 Å². The number of piperidine rings is 1. The van der Waals surface area contributed by atoms with Crippen molar-refractivity contribution in [1.29, 1.82) is 0 Å². The van der Waals surface area contributed by atoms with Crippen molar-refractivity contribution in [2.75, 3.05) is 5.73 Å². The number of hydrogen-bond donors (Lipinski definition) is 2. The van der Waals surface area contributed by atoms with Crippen LogP contribution in [0, 0.1) is 6.92 Å². The van der Waals surface area contributed by atoms with Gasteiger partial charge in [-0.1, -0.05) is 36.4 Å². The Labute approximate surface area is 237 Å². The van der Waals surface area contributed by atoms with E-state index in [1.54, 1.807) is 4.52 Å². The molecule has 1 aliphatic carbocycles. The first kappa shape index (κ1) is 24.2. The summed E-state index contributed by atoms with van der Waals surface area (Å²) in [5.41, 5.74) is 13.7. The van der Waals surface area contributed by atoms with Crippen LogP contribution in [0.2, 0.25) is 0 Å². The maximum Gasteiger partial charge on any atom is 0.294 e. The Hall–Kier alpha value is -4.60. The molecule has 10 heteroatoms. The number of anilines is 1. The number of hydrogen-bond acceptors (Lipinski definition) is 7. The Kier molecular flexibility index (Phi) is 5.45. The molecule has 3 aliphatic rings. The fourth-order valence-electron chi connectivity index (χ4n) is 6.97. The number of nitrogen functional groups attached to an aromatic ring is 1. The van der Waals surface area contributed by atoms with Crippen molar-refractivity contribution >= 4 is 17.4 Å². The quantitative estimate of drug-likeness (QED) is 0.321. The summed E-state index contributed by atoms with van der Waals surface area (Å²) < 4.78 is 1.80. The standard InChI is InChI=1S/C31H31N9O/c1-17-35-29(38-37-17)31(41)39-22-10-11-23(39)14-21(13-22)27-26(19-7-8-19)28(32)40-30(36-27)24(16-34-40)20-9-12-25(33-15-20)18-5-3-2-4-6-18/h2-6,9,12,15-16,19,21-23H,7-8,10-11,13-14,32H2,1H3,(H,35,37,38). The number of benzene rings is 1. The maximum absolute atomic E-state index is 13.3. The topological polar surface area (TPSA) is 131 Å². The zero-order valence-electron chi connectivity index (χ0n) is 22.9. The van der Waals surface area contributed by atoms with Gasteiger partial charge >= 0.3 is 0 Å². The Morgan fingerprint density at radius 2 is 1.71 bits per heavy atom. The third kappa shape index (κ3) is 4.00. The molecule has 0 spiro atoms. The Balaban J connectivity index is 1.15. The summed E-state index contributed by atoms with van der Waals surface area (Å²) in [5, 5.41) is 11.6. The van der Waals surface area contributed by atoms with E-state index in [0.29, 0.717) is 17.6 Å². The van der Waals surface area contributed by atoms with E-state index >= 15 is 0 Å². The molecule has 2 saturated heterocycles. The summed E-state index contributed by atoms with van der Waals surface area (Å²) >= 11 is 0. The van der Waals surface area contributed by atoms with E-state index < -0.39 is 0 Å². The SMILES string of the molecule is Cc1nc(C(=O)N2C3CCC2CC(c2nc4c(-c5ccc(-c6ccccc6)nc5)cnn4c(N)c2C2CC2)C3)n[nH]1. The second-order valence-electron chi connectivity index (χ2n) is 11.7. The van der Waals surface area contributed by atoms with Crippen molar-refractivity contribution < 1.29 is 4.79 Å². The number of aryl methyl sites for hydroxylation is 1. The highest BCUT2D eigenvalue weighted by Crippen LogP contribution is 2.50. The first-order valence-corrected chi connectivity index (χ1v) is 14.5. The van der Waals surface area contributed by atoms with Crippen LogP contribution >= 0.6 is 0 Å². The number of nitrogens with zero attached hydrogens (tertiary/aromatic N) is 7. The van der Waals surface area contributed by atoms with Crippen LogP contribution in [-0.4, -0.2) is 57.7 Å². The molecule has 3 N–H and O–H groups in total. The minimum atomic E-state index is -0.0739.